The summed E-state index contributed by atoms with van der Waals surface area (Å²) in [6, 6.07) is 8.31. The van der Waals surface area contributed by atoms with Gasteiger partial charge in [-0.1, -0.05) is 22.0 Å². The summed E-state index contributed by atoms with van der Waals surface area (Å²) in [6.07, 6.45) is 0. The molecular formula is C11H6BrF2NO. The van der Waals surface area contributed by atoms with Crippen molar-refractivity contribution in [2.45, 2.75) is 0 Å². The predicted octanol–water partition coefficient (Wildman–Crippen LogP) is 3.91. The minimum atomic E-state index is -0.673. The molecule has 0 aliphatic heterocycles. The van der Waals surface area contributed by atoms with E-state index in [2.05, 4.69) is 20.9 Å². The van der Waals surface area contributed by atoms with E-state index in [4.69, 9.17) is 4.74 Å². The van der Waals surface area contributed by atoms with Gasteiger partial charge in [0, 0.05) is 10.5 Å². The maximum Gasteiger partial charge on any atom is 0.222 e. The summed E-state index contributed by atoms with van der Waals surface area (Å²) in [7, 11) is 0. The number of halogens is 3. The topological polar surface area (TPSA) is 22.1 Å². The lowest BCUT2D eigenvalue weighted by atomic mass is 10.3. The van der Waals surface area contributed by atoms with Crippen molar-refractivity contribution in [3.05, 3.63) is 52.6 Å². The van der Waals surface area contributed by atoms with Crippen molar-refractivity contribution in [2.75, 3.05) is 0 Å². The van der Waals surface area contributed by atoms with Gasteiger partial charge in [-0.3, -0.25) is 0 Å². The van der Waals surface area contributed by atoms with Crippen LogP contribution < -0.4 is 4.74 Å². The van der Waals surface area contributed by atoms with Crippen LogP contribution >= 0.6 is 15.9 Å². The van der Waals surface area contributed by atoms with Gasteiger partial charge in [-0.05, 0) is 24.3 Å². The number of rotatable bonds is 2. The summed E-state index contributed by atoms with van der Waals surface area (Å²) in [5, 5.41) is 0. The molecule has 0 aliphatic carbocycles. The zero-order chi connectivity index (χ0) is 11.5. The Morgan fingerprint density at radius 2 is 1.94 bits per heavy atom. The zero-order valence-electron chi connectivity index (χ0n) is 7.95. The Morgan fingerprint density at radius 3 is 2.69 bits per heavy atom. The van der Waals surface area contributed by atoms with Crippen LogP contribution in [0.4, 0.5) is 8.78 Å². The fourth-order valence-electron chi connectivity index (χ4n) is 1.11. The molecule has 0 N–H and O–H groups in total. The van der Waals surface area contributed by atoms with Gasteiger partial charge in [0.05, 0.1) is 0 Å². The van der Waals surface area contributed by atoms with Gasteiger partial charge in [0.1, 0.15) is 0 Å². The molecule has 16 heavy (non-hydrogen) atoms. The van der Waals surface area contributed by atoms with E-state index in [1.54, 1.807) is 6.07 Å². The largest absolute Gasteiger partial charge is 0.436 e. The molecule has 1 aromatic heterocycles. The van der Waals surface area contributed by atoms with Crippen LogP contribution in [0.1, 0.15) is 0 Å². The van der Waals surface area contributed by atoms with E-state index in [1.807, 2.05) is 0 Å². The predicted molar refractivity (Wildman–Crippen MR) is 58.4 cm³/mol. The smallest absolute Gasteiger partial charge is 0.222 e. The van der Waals surface area contributed by atoms with Crippen molar-refractivity contribution in [1.82, 2.24) is 4.98 Å². The third-order valence-corrected chi connectivity index (χ3v) is 2.29. The van der Waals surface area contributed by atoms with Crippen LogP contribution in [0, 0.1) is 11.8 Å². The minimum absolute atomic E-state index is 0.00697. The molecule has 2 nitrogen and oxygen atoms in total. The Labute approximate surface area is 99.0 Å². The average molecular weight is 286 g/mol. The molecule has 2 rings (SSSR count). The van der Waals surface area contributed by atoms with Gasteiger partial charge in [0.2, 0.25) is 11.8 Å². The molecule has 5 heteroatoms. The molecule has 0 saturated heterocycles. The molecule has 0 atom stereocenters. The Bertz CT molecular complexity index is 519. The summed E-state index contributed by atoms with van der Waals surface area (Å²) >= 11 is 3.18. The number of pyridine rings is 1. The maximum absolute atomic E-state index is 13.3. The van der Waals surface area contributed by atoms with Crippen molar-refractivity contribution in [3.63, 3.8) is 0 Å². The van der Waals surface area contributed by atoms with E-state index < -0.39 is 11.8 Å². The molecular weight excluding hydrogens is 280 g/mol. The quantitative estimate of drug-likeness (QED) is 0.781. The van der Waals surface area contributed by atoms with Gasteiger partial charge in [0.15, 0.2) is 11.6 Å². The Balaban J connectivity index is 2.30. The van der Waals surface area contributed by atoms with Crippen LogP contribution in [0.15, 0.2) is 40.9 Å². The number of hydrogen-bond donors (Lipinski definition) is 0. The van der Waals surface area contributed by atoms with Crippen LogP contribution in [0.5, 0.6) is 11.6 Å². The molecule has 0 bridgehead atoms. The second kappa shape index (κ2) is 4.57. The van der Waals surface area contributed by atoms with Crippen molar-refractivity contribution in [1.29, 1.82) is 0 Å². The van der Waals surface area contributed by atoms with E-state index in [9.17, 15) is 8.78 Å². The summed E-state index contributed by atoms with van der Waals surface area (Å²) < 4.78 is 31.8. The average Bonchev–Trinajstić information content (AvgIpc) is 2.24. The van der Waals surface area contributed by atoms with Crippen molar-refractivity contribution in [2.24, 2.45) is 0 Å². The van der Waals surface area contributed by atoms with E-state index in [0.29, 0.717) is 4.47 Å². The minimum Gasteiger partial charge on any atom is -0.436 e. The number of ether oxygens (including phenoxy) is 1. The second-order valence-electron chi connectivity index (χ2n) is 2.98. The molecule has 2 aromatic rings. The van der Waals surface area contributed by atoms with Crippen LogP contribution in [0.25, 0.3) is 0 Å². The number of benzene rings is 1. The highest BCUT2D eigenvalue weighted by Gasteiger charge is 2.06. The molecule has 1 aromatic carbocycles. The van der Waals surface area contributed by atoms with Crippen molar-refractivity contribution >= 4 is 15.9 Å². The van der Waals surface area contributed by atoms with Gasteiger partial charge in [-0.25, -0.2) is 4.39 Å². The van der Waals surface area contributed by atoms with Crippen LogP contribution in [0.2, 0.25) is 0 Å². The van der Waals surface area contributed by atoms with Crippen molar-refractivity contribution in [3.8, 4) is 11.6 Å². The maximum atomic E-state index is 13.3. The van der Waals surface area contributed by atoms with Crippen LogP contribution in [0.3, 0.4) is 0 Å². The first kappa shape index (κ1) is 11.0. The van der Waals surface area contributed by atoms with Gasteiger partial charge in [0.25, 0.3) is 0 Å². The zero-order valence-corrected chi connectivity index (χ0v) is 9.54. The summed E-state index contributed by atoms with van der Waals surface area (Å²) in [6.45, 7) is 0. The molecule has 0 amide bonds. The van der Waals surface area contributed by atoms with Crippen molar-refractivity contribution < 1.29 is 13.5 Å². The van der Waals surface area contributed by atoms with E-state index in [-0.39, 0.29) is 11.6 Å². The van der Waals surface area contributed by atoms with Gasteiger partial charge < -0.3 is 4.74 Å². The Hall–Kier alpha value is -1.49. The summed E-state index contributed by atoms with van der Waals surface area (Å²) in [5.41, 5.74) is 0. The molecule has 0 aliphatic rings. The first-order valence-electron chi connectivity index (χ1n) is 4.40. The summed E-state index contributed by atoms with van der Waals surface area (Å²) in [5.74, 6) is -1.20. The lowest BCUT2D eigenvalue weighted by Crippen LogP contribution is -1.92. The Kier molecular flexibility index (Phi) is 3.14. The van der Waals surface area contributed by atoms with E-state index >= 15 is 0 Å². The monoisotopic (exact) mass is 285 g/mol. The standard InChI is InChI=1S/C11H6BrF2NO/c12-7-4-5-8(13)9(6-7)16-11-3-1-2-10(14)15-11/h1-6H. The first-order valence-corrected chi connectivity index (χ1v) is 5.20. The number of hydrogen-bond acceptors (Lipinski definition) is 2. The first-order chi connectivity index (χ1) is 7.65. The Morgan fingerprint density at radius 1 is 1.12 bits per heavy atom. The van der Waals surface area contributed by atoms with E-state index in [1.165, 1.54) is 30.3 Å². The fourth-order valence-corrected chi connectivity index (χ4v) is 1.45. The SMILES string of the molecule is Fc1cccc(Oc2cc(Br)ccc2F)n1. The molecule has 0 radical (unpaired) electrons. The van der Waals surface area contributed by atoms with Gasteiger partial charge >= 0.3 is 0 Å². The highest BCUT2D eigenvalue weighted by molar-refractivity contribution is 9.10. The van der Waals surface area contributed by atoms with Gasteiger partial charge in [-0.15, -0.1) is 0 Å². The molecule has 1 heterocycles. The molecule has 82 valence electrons. The number of aromatic nitrogens is 1. The fraction of sp³-hybridized carbons (Fsp3) is 0. The normalized spacial score (nSPS) is 10.2. The molecule has 0 fully saturated rings. The number of nitrogens with zero attached hydrogens (tertiary/aromatic N) is 1. The molecule has 0 spiro atoms. The van der Waals surface area contributed by atoms with Crippen LogP contribution in [-0.2, 0) is 0 Å². The van der Waals surface area contributed by atoms with E-state index in [0.717, 1.165) is 0 Å². The lowest BCUT2D eigenvalue weighted by Gasteiger charge is -2.05. The molecule has 0 unspecified atom stereocenters. The molecule has 0 saturated carbocycles. The lowest BCUT2D eigenvalue weighted by molar-refractivity contribution is 0.416. The summed E-state index contributed by atoms with van der Waals surface area (Å²) in [4.78, 5) is 3.47. The van der Waals surface area contributed by atoms with Gasteiger partial charge in [-0.2, -0.15) is 9.37 Å². The highest BCUT2D eigenvalue weighted by Crippen LogP contribution is 2.26. The third-order valence-electron chi connectivity index (χ3n) is 1.80. The highest BCUT2D eigenvalue weighted by atomic mass is 79.9. The second-order valence-corrected chi connectivity index (χ2v) is 3.89. The van der Waals surface area contributed by atoms with Crippen LogP contribution in [-0.4, -0.2) is 4.98 Å². The third kappa shape index (κ3) is 2.55.